The third kappa shape index (κ3) is 4.17. The Hall–Kier alpha value is -2.83. The number of carbonyl (C=O) groups excluding carboxylic acids is 2. The van der Waals surface area contributed by atoms with Crippen molar-refractivity contribution in [3.05, 3.63) is 41.7 Å². The SMILES string of the molecule is Cc1cc(C(=O)N2CCC[C@H](C)C2)ccc1NC(=O)Nc1cn[nH]c1. The Morgan fingerprint density at radius 2 is 2.16 bits per heavy atom. The van der Waals surface area contributed by atoms with Gasteiger partial charge in [0.2, 0.25) is 0 Å². The monoisotopic (exact) mass is 341 g/mol. The number of hydrogen-bond donors (Lipinski definition) is 3. The quantitative estimate of drug-likeness (QED) is 0.800. The van der Waals surface area contributed by atoms with E-state index in [4.69, 9.17) is 0 Å². The average molecular weight is 341 g/mol. The summed E-state index contributed by atoms with van der Waals surface area (Å²) in [7, 11) is 0. The minimum atomic E-state index is -0.353. The predicted octanol–water partition coefficient (Wildman–Crippen LogP) is 3.23. The van der Waals surface area contributed by atoms with Crippen LogP contribution in [-0.2, 0) is 0 Å². The third-order valence-electron chi connectivity index (χ3n) is 4.42. The molecule has 0 bridgehead atoms. The molecule has 1 atom stereocenters. The van der Waals surface area contributed by atoms with Crippen molar-refractivity contribution in [2.45, 2.75) is 26.7 Å². The molecular formula is C18H23N5O2. The summed E-state index contributed by atoms with van der Waals surface area (Å²) >= 11 is 0. The number of carbonyl (C=O) groups is 2. The van der Waals surface area contributed by atoms with Gasteiger partial charge in [-0.25, -0.2) is 4.79 Å². The lowest BCUT2D eigenvalue weighted by molar-refractivity contribution is 0.0683. The summed E-state index contributed by atoms with van der Waals surface area (Å²) in [5, 5.41) is 11.9. The Balaban J connectivity index is 1.66. The topological polar surface area (TPSA) is 90.1 Å². The Labute approximate surface area is 146 Å². The van der Waals surface area contributed by atoms with Crippen molar-refractivity contribution < 1.29 is 9.59 Å². The van der Waals surface area contributed by atoms with E-state index in [0.717, 1.165) is 25.1 Å². The standard InChI is InChI=1S/C18H23N5O2/c1-12-4-3-7-23(11-12)17(24)14-5-6-16(13(2)8-14)22-18(25)21-15-9-19-20-10-15/h5-6,8-10,12H,3-4,7,11H2,1-2H3,(H,19,20)(H2,21,22,25)/t12-/m0/s1. The van der Waals surface area contributed by atoms with E-state index in [1.165, 1.54) is 12.6 Å². The van der Waals surface area contributed by atoms with E-state index in [0.29, 0.717) is 22.9 Å². The number of hydrogen-bond acceptors (Lipinski definition) is 3. The van der Waals surface area contributed by atoms with Gasteiger partial charge in [-0.15, -0.1) is 0 Å². The number of piperidine rings is 1. The van der Waals surface area contributed by atoms with Crippen molar-refractivity contribution in [1.29, 1.82) is 0 Å². The fraction of sp³-hybridized carbons (Fsp3) is 0.389. The van der Waals surface area contributed by atoms with Crippen LogP contribution < -0.4 is 10.6 Å². The highest BCUT2D eigenvalue weighted by Gasteiger charge is 2.22. The number of nitrogens with zero attached hydrogens (tertiary/aromatic N) is 2. The van der Waals surface area contributed by atoms with Gasteiger partial charge >= 0.3 is 6.03 Å². The second kappa shape index (κ2) is 7.38. The molecule has 7 nitrogen and oxygen atoms in total. The number of H-pyrrole nitrogens is 1. The molecule has 0 unspecified atom stereocenters. The molecule has 25 heavy (non-hydrogen) atoms. The van der Waals surface area contributed by atoms with Crippen LogP contribution in [0.1, 0.15) is 35.7 Å². The summed E-state index contributed by atoms with van der Waals surface area (Å²) in [6.07, 6.45) is 5.35. The number of nitrogens with one attached hydrogen (secondary N) is 3. The number of aryl methyl sites for hydroxylation is 1. The summed E-state index contributed by atoms with van der Waals surface area (Å²) in [6.45, 7) is 5.68. The van der Waals surface area contributed by atoms with Crippen molar-refractivity contribution in [2.75, 3.05) is 23.7 Å². The van der Waals surface area contributed by atoms with Crippen LogP contribution in [-0.4, -0.2) is 40.1 Å². The third-order valence-corrected chi connectivity index (χ3v) is 4.42. The Morgan fingerprint density at radius 1 is 1.32 bits per heavy atom. The molecule has 2 heterocycles. The second-order valence-electron chi connectivity index (χ2n) is 6.59. The lowest BCUT2D eigenvalue weighted by Gasteiger charge is -2.31. The van der Waals surface area contributed by atoms with Gasteiger partial charge in [0.1, 0.15) is 0 Å². The van der Waals surface area contributed by atoms with Crippen molar-refractivity contribution in [1.82, 2.24) is 15.1 Å². The van der Waals surface area contributed by atoms with Crippen molar-refractivity contribution in [3.8, 4) is 0 Å². The summed E-state index contributed by atoms with van der Waals surface area (Å²) in [5.74, 6) is 0.607. The van der Waals surface area contributed by atoms with Gasteiger partial charge in [-0.2, -0.15) is 5.10 Å². The first-order valence-electron chi connectivity index (χ1n) is 8.49. The molecule has 0 radical (unpaired) electrons. The first-order chi connectivity index (χ1) is 12.0. The molecule has 0 aliphatic carbocycles. The first-order valence-corrected chi connectivity index (χ1v) is 8.49. The highest BCUT2D eigenvalue weighted by Crippen LogP contribution is 2.21. The highest BCUT2D eigenvalue weighted by molar-refractivity contribution is 6.01. The number of aromatic nitrogens is 2. The molecule has 3 amide bonds. The number of rotatable bonds is 3. The zero-order valence-electron chi connectivity index (χ0n) is 14.5. The maximum Gasteiger partial charge on any atom is 0.323 e. The molecule has 132 valence electrons. The molecule has 3 N–H and O–H groups in total. The van der Waals surface area contributed by atoms with E-state index < -0.39 is 0 Å². The average Bonchev–Trinajstić information content (AvgIpc) is 3.09. The van der Waals surface area contributed by atoms with Crippen molar-refractivity contribution >= 4 is 23.3 Å². The zero-order valence-corrected chi connectivity index (χ0v) is 14.5. The number of urea groups is 1. The van der Waals surface area contributed by atoms with Gasteiger partial charge in [0.25, 0.3) is 5.91 Å². The van der Waals surface area contributed by atoms with Crippen LogP contribution in [0, 0.1) is 12.8 Å². The summed E-state index contributed by atoms with van der Waals surface area (Å²) < 4.78 is 0. The van der Waals surface area contributed by atoms with Gasteiger partial charge < -0.3 is 15.5 Å². The fourth-order valence-electron chi connectivity index (χ4n) is 3.10. The highest BCUT2D eigenvalue weighted by atomic mass is 16.2. The van der Waals surface area contributed by atoms with Gasteiger partial charge in [0, 0.05) is 30.5 Å². The van der Waals surface area contributed by atoms with E-state index in [1.54, 1.807) is 18.3 Å². The van der Waals surface area contributed by atoms with Crippen molar-refractivity contribution in [2.24, 2.45) is 5.92 Å². The molecule has 1 aliphatic rings. The summed E-state index contributed by atoms with van der Waals surface area (Å²) in [4.78, 5) is 26.6. The first kappa shape index (κ1) is 17.0. The van der Waals surface area contributed by atoms with Gasteiger partial charge in [-0.3, -0.25) is 9.89 Å². The van der Waals surface area contributed by atoms with Crippen LogP contribution in [0.5, 0.6) is 0 Å². The van der Waals surface area contributed by atoms with Crippen molar-refractivity contribution in [3.63, 3.8) is 0 Å². The summed E-state index contributed by atoms with van der Waals surface area (Å²) in [6, 6.07) is 5.01. The lowest BCUT2D eigenvalue weighted by atomic mass is 9.99. The minimum Gasteiger partial charge on any atom is -0.338 e. The zero-order chi connectivity index (χ0) is 17.8. The molecule has 1 aromatic heterocycles. The van der Waals surface area contributed by atoms with Crippen LogP contribution in [0.2, 0.25) is 0 Å². The molecule has 1 fully saturated rings. The van der Waals surface area contributed by atoms with Crippen LogP contribution >= 0.6 is 0 Å². The molecule has 1 aliphatic heterocycles. The van der Waals surface area contributed by atoms with Gasteiger partial charge in [0.15, 0.2) is 0 Å². The Bertz CT molecular complexity index is 757. The molecular weight excluding hydrogens is 318 g/mol. The fourth-order valence-corrected chi connectivity index (χ4v) is 3.10. The largest absolute Gasteiger partial charge is 0.338 e. The lowest BCUT2D eigenvalue weighted by Crippen LogP contribution is -2.39. The Kier molecular flexibility index (Phi) is 5.02. The van der Waals surface area contributed by atoms with Crippen LogP contribution in [0.4, 0.5) is 16.2 Å². The maximum atomic E-state index is 12.7. The predicted molar refractivity (Wildman–Crippen MR) is 96.7 cm³/mol. The van der Waals surface area contributed by atoms with Crippen LogP contribution in [0.15, 0.2) is 30.6 Å². The van der Waals surface area contributed by atoms with E-state index in [1.807, 2.05) is 17.9 Å². The number of anilines is 2. The number of likely N-dealkylation sites (tertiary alicyclic amines) is 1. The van der Waals surface area contributed by atoms with Gasteiger partial charge in [-0.1, -0.05) is 6.92 Å². The smallest absolute Gasteiger partial charge is 0.323 e. The van der Waals surface area contributed by atoms with E-state index in [2.05, 4.69) is 27.8 Å². The second-order valence-corrected chi connectivity index (χ2v) is 6.59. The van der Waals surface area contributed by atoms with Crippen LogP contribution in [0.3, 0.4) is 0 Å². The number of amides is 3. The molecule has 0 saturated carbocycles. The molecule has 2 aromatic rings. The van der Waals surface area contributed by atoms with E-state index in [-0.39, 0.29) is 11.9 Å². The number of benzene rings is 1. The molecule has 3 rings (SSSR count). The molecule has 0 spiro atoms. The van der Waals surface area contributed by atoms with Gasteiger partial charge in [0.05, 0.1) is 11.9 Å². The molecule has 1 saturated heterocycles. The Morgan fingerprint density at radius 3 is 2.84 bits per heavy atom. The summed E-state index contributed by atoms with van der Waals surface area (Å²) in [5.41, 5.74) is 2.76. The molecule has 1 aromatic carbocycles. The van der Waals surface area contributed by atoms with Gasteiger partial charge in [-0.05, 0) is 49.4 Å². The van der Waals surface area contributed by atoms with E-state index >= 15 is 0 Å². The van der Waals surface area contributed by atoms with Crippen LogP contribution in [0.25, 0.3) is 0 Å². The minimum absolute atomic E-state index is 0.0593. The van der Waals surface area contributed by atoms with E-state index in [9.17, 15) is 9.59 Å². The molecule has 7 heteroatoms. The number of aromatic amines is 1. The normalized spacial score (nSPS) is 17.2. The maximum absolute atomic E-state index is 12.7.